The fourth-order valence-electron chi connectivity index (χ4n) is 1.78. The Bertz CT molecular complexity index is 444. The molecule has 0 nitrogen and oxygen atoms in total. The summed E-state index contributed by atoms with van der Waals surface area (Å²) in [7, 11) is 0. The predicted molar refractivity (Wildman–Crippen MR) is 50.3 cm³/mol. The van der Waals surface area contributed by atoms with E-state index in [-0.39, 0.29) is 0 Å². The third kappa shape index (κ3) is 3.81. The van der Waals surface area contributed by atoms with E-state index in [9.17, 15) is 79.0 Å². The predicted octanol–water partition coefficient (Wildman–Crippen LogP) is 6.89. The maximum absolute atomic E-state index is 12.5. The van der Waals surface area contributed by atoms with Gasteiger partial charge in [0.2, 0.25) is 0 Å². The molecule has 0 radical (unpaired) electrons. The van der Waals surface area contributed by atoms with Gasteiger partial charge < -0.3 is 0 Å². The maximum atomic E-state index is 12.5. The van der Waals surface area contributed by atoms with Crippen LogP contribution in [-0.2, 0) is 0 Å². The first kappa shape index (κ1) is 26.5. The quantitative estimate of drug-likeness (QED) is 0.309. The molecule has 0 unspecified atom stereocenters. The average Bonchev–Trinajstić information content (AvgIpc) is 2.23. The van der Waals surface area contributed by atoms with E-state index < -0.39 is 60.0 Å². The molecule has 0 bridgehead atoms. The Labute approximate surface area is 140 Å². The molecule has 0 atom stereocenters. The molecule has 0 saturated heterocycles. The molecule has 0 spiro atoms. The van der Waals surface area contributed by atoms with Crippen LogP contribution >= 0.6 is 0 Å². The Morgan fingerprint density at radius 3 is 0.429 bits per heavy atom. The van der Waals surface area contributed by atoms with E-state index in [4.69, 9.17) is 0 Å². The fourth-order valence-corrected chi connectivity index (χ4v) is 1.78. The molecule has 0 N–H and O–H groups in total. The first-order valence-electron chi connectivity index (χ1n) is 5.81. The highest BCUT2D eigenvalue weighted by molar-refractivity contribution is 5.21. The third-order valence-electron chi connectivity index (χ3n) is 3.27. The Morgan fingerprint density at radius 2 is 0.357 bits per heavy atom. The zero-order valence-electron chi connectivity index (χ0n) is 12.0. The number of rotatable bonds is 2. The van der Waals surface area contributed by atoms with Gasteiger partial charge in [0.25, 0.3) is 10.8 Å². The molecule has 0 aromatic rings. The van der Waals surface area contributed by atoms with Crippen molar-refractivity contribution in [3.8, 4) is 0 Å². The summed E-state index contributed by atoms with van der Waals surface area (Å²) in [6, 6.07) is 0. The molecular formula is C10H2F18. The van der Waals surface area contributed by atoms with Crippen molar-refractivity contribution >= 4 is 0 Å². The Kier molecular flexibility index (Phi) is 6.14. The van der Waals surface area contributed by atoms with Gasteiger partial charge in [-0.2, -0.15) is 79.0 Å². The maximum Gasteiger partial charge on any atom is 0.415 e. The first-order chi connectivity index (χ1) is 11.7. The summed E-state index contributed by atoms with van der Waals surface area (Å²) in [5.74, 6) is 0. The number of halogens is 18. The van der Waals surface area contributed by atoms with Gasteiger partial charge in [-0.15, -0.1) is 0 Å². The molecule has 168 valence electrons. The molecule has 0 aliphatic rings. The molecule has 0 aliphatic carbocycles. The van der Waals surface area contributed by atoms with Crippen molar-refractivity contribution < 1.29 is 79.0 Å². The lowest BCUT2D eigenvalue weighted by atomic mass is 9.78. The summed E-state index contributed by atoms with van der Waals surface area (Å²) in [4.78, 5) is 0. The van der Waals surface area contributed by atoms with Gasteiger partial charge >= 0.3 is 37.1 Å². The zero-order valence-corrected chi connectivity index (χ0v) is 12.0. The average molecular weight is 464 g/mol. The van der Waals surface area contributed by atoms with Crippen LogP contribution in [0.5, 0.6) is 0 Å². The minimum absolute atomic E-state index is 2.87. The SMILES string of the molecule is FC(F)(F)C(/C=C/C(C(F)(F)F)(C(F)(F)F)C(F)(F)F)(C(F)(F)F)C(F)(F)F. The second kappa shape index (κ2) is 6.50. The second-order valence-electron chi connectivity index (χ2n) is 4.94. The van der Waals surface area contributed by atoms with E-state index in [0.29, 0.717) is 0 Å². The van der Waals surface area contributed by atoms with Gasteiger partial charge in [0.1, 0.15) is 0 Å². The van der Waals surface area contributed by atoms with Gasteiger partial charge in [-0.05, 0) is 0 Å². The standard InChI is InChI=1S/C10H2F18/c11-5(12,13)3(6(14,15)16,7(17,18)19)1-2-4(8(20,21)22,9(23,24)25)10(26,27)28/h1-2H/b2-1+. The lowest BCUT2D eigenvalue weighted by Gasteiger charge is -2.39. The third-order valence-corrected chi connectivity index (χ3v) is 3.27. The van der Waals surface area contributed by atoms with Crippen LogP contribution in [0.15, 0.2) is 12.2 Å². The molecule has 28 heavy (non-hydrogen) atoms. The number of hydrogen-bond acceptors (Lipinski definition) is 0. The smallest absolute Gasteiger partial charge is 0.169 e. The van der Waals surface area contributed by atoms with Crippen LogP contribution < -0.4 is 0 Å². The molecule has 0 heterocycles. The molecule has 0 rings (SSSR count). The molecular weight excluding hydrogens is 462 g/mol. The summed E-state index contributed by atoms with van der Waals surface area (Å²) in [5, 5.41) is 0. The number of allylic oxidation sites excluding steroid dienone is 2. The Hall–Kier alpha value is -1.52. The normalized spacial score (nSPS) is 16.8. The van der Waals surface area contributed by atoms with Crippen molar-refractivity contribution in [1.82, 2.24) is 0 Å². The van der Waals surface area contributed by atoms with Crippen LogP contribution in [0.3, 0.4) is 0 Å². The zero-order chi connectivity index (χ0) is 23.4. The molecule has 0 aliphatic heterocycles. The molecule has 18 heteroatoms. The van der Waals surface area contributed by atoms with Crippen molar-refractivity contribution in [2.75, 3.05) is 0 Å². The van der Waals surface area contributed by atoms with Gasteiger partial charge in [0, 0.05) is 0 Å². The fraction of sp³-hybridized carbons (Fsp3) is 0.800. The van der Waals surface area contributed by atoms with Crippen LogP contribution in [0.2, 0.25) is 0 Å². The van der Waals surface area contributed by atoms with E-state index in [1.54, 1.807) is 0 Å². The summed E-state index contributed by atoms with van der Waals surface area (Å²) in [6.45, 7) is 0. The van der Waals surface area contributed by atoms with Crippen LogP contribution in [-0.4, -0.2) is 37.1 Å². The van der Waals surface area contributed by atoms with Crippen molar-refractivity contribution in [1.29, 1.82) is 0 Å². The van der Waals surface area contributed by atoms with E-state index in [1.807, 2.05) is 0 Å². The largest absolute Gasteiger partial charge is 0.415 e. The van der Waals surface area contributed by atoms with E-state index in [2.05, 4.69) is 0 Å². The van der Waals surface area contributed by atoms with Gasteiger partial charge in [-0.3, -0.25) is 0 Å². The molecule has 0 saturated carbocycles. The summed E-state index contributed by atoms with van der Waals surface area (Å²) < 4.78 is 225. The van der Waals surface area contributed by atoms with Crippen LogP contribution in [0.25, 0.3) is 0 Å². The number of hydrogen-bond donors (Lipinski definition) is 0. The molecule has 0 aromatic heterocycles. The van der Waals surface area contributed by atoms with Gasteiger partial charge in [0.15, 0.2) is 0 Å². The monoisotopic (exact) mass is 464 g/mol. The topological polar surface area (TPSA) is 0 Å². The first-order valence-corrected chi connectivity index (χ1v) is 5.81. The highest BCUT2D eigenvalue weighted by atomic mass is 19.4. The highest BCUT2D eigenvalue weighted by Gasteiger charge is 2.85. The van der Waals surface area contributed by atoms with Crippen molar-refractivity contribution in [3.63, 3.8) is 0 Å². The lowest BCUT2D eigenvalue weighted by Crippen LogP contribution is -2.61. The van der Waals surface area contributed by atoms with E-state index >= 15 is 0 Å². The summed E-state index contributed by atoms with van der Waals surface area (Å²) in [5.41, 5.74) is -14.9. The second-order valence-corrected chi connectivity index (χ2v) is 4.94. The molecule has 0 amide bonds. The van der Waals surface area contributed by atoms with Crippen molar-refractivity contribution in [2.24, 2.45) is 10.8 Å². The van der Waals surface area contributed by atoms with Gasteiger partial charge in [-0.25, -0.2) is 0 Å². The Balaban J connectivity index is 7.39. The van der Waals surface area contributed by atoms with Crippen LogP contribution in [0, 0.1) is 10.8 Å². The van der Waals surface area contributed by atoms with Crippen molar-refractivity contribution in [3.05, 3.63) is 12.2 Å². The minimum atomic E-state index is -7.71. The van der Waals surface area contributed by atoms with Gasteiger partial charge in [0.05, 0.1) is 0 Å². The lowest BCUT2D eigenvalue weighted by molar-refractivity contribution is -0.416. The van der Waals surface area contributed by atoms with Crippen LogP contribution in [0.4, 0.5) is 79.0 Å². The molecule has 0 aromatic carbocycles. The van der Waals surface area contributed by atoms with Crippen molar-refractivity contribution in [2.45, 2.75) is 37.1 Å². The minimum Gasteiger partial charge on any atom is -0.169 e. The van der Waals surface area contributed by atoms with Gasteiger partial charge in [-0.1, -0.05) is 12.2 Å². The Morgan fingerprint density at radius 1 is 0.250 bits per heavy atom. The van der Waals surface area contributed by atoms with Crippen LogP contribution in [0.1, 0.15) is 0 Å². The highest BCUT2D eigenvalue weighted by Crippen LogP contribution is 2.64. The van der Waals surface area contributed by atoms with E-state index in [1.165, 1.54) is 0 Å². The number of alkyl halides is 18. The summed E-state index contributed by atoms with van der Waals surface area (Å²) in [6.07, 6.45) is -52.0. The van der Waals surface area contributed by atoms with E-state index in [0.717, 1.165) is 0 Å². The summed E-state index contributed by atoms with van der Waals surface area (Å²) >= 11 is 0. The molecule has 0 fully saturated rings.